The molecule has 0 aliphatic rings. The SMILES string of the molecule is CCn1nc(C(=O)Nc2cccc(Cl)c2)c(=O)c2cc(F)ccc21. The topological polar surface area (TPSA) is 64.0 Å². The number of hydrogen-bond donors (Lipinski definition) is 1. The van der Waals surface area contributed by atoms with Crippen molar-refractivity contribution in [1.82, 2.24) is 9.78 Å². The second-order valence-electron chi connectivity index (χ2n) is 5.12. The minimum absolute atomic E-state index is 0.114. The molecule has 0 bridgehead atoms. The number of benzene rings is 2. The Morgan fingerprint density at radius 3 is 2.79 bits per heavy atom. The normalized spacial score (nSPS) is 10.8. The number of aryl methyl sites for hydroxylation is 1. The Balaban J connectivity index is 2.10. The maximum absolute atomic E-state index is 13.5. The van der Waals surface area contributed by atoms with Crippen LogP contribution in [0.15, 0.2) is 47.3 Å². The van der Waals surface area contributed by atoms with Crippen LogP contribution in [-0.4, -0.2) is 15.7 Å². The molecule has 3 aromatic rings. The zero-order chi connectivity index (χ0) is 17.3. The first-order valence-electron chi connectivity index (χ1n) is 7.27. The lowest BCUT2D eigenvalue weighted by molar-refractivity contribution is 0.101. The van der Waals surface area contributed by atoms with Gasteiger partial charge in [0.25, 0.3) is 5.91 Å². The number of amides is 1. The third-order valence-corrected chi connectivity index (χ3v) is 3.75. The van der Waals surface area contributed by atoms with Gasteiger partial charge < -0.3 is 5.32 Å². The van der Waals surface area contributed by atoms with Gasteiger partial charge in [0.05, 0.1) is 10.9 Å². The fourth-order valence-electron chi connectivity index (χ4n) is 2.41. The van der Waals surface area contributed by atoms with Crippen molar-refractivity contribution in [3.63, 3.8) is 0 Å². The lowest BCUT2D eigenvalue weighted by Gasteiger charge is -2.10. The highest BCUT2D eigenvalue weighted by Crippen LogP contribution is 2.16. The van der Waals surface area contributed by atoms with E-state index >= 15 is 0 Å². The standard InChI is InChI=1S/C17H13ClFN3O2/c1-2-22-14-7-6-11(19)9-13(14)16(23)15(21-22)17(24)20-12-5-3-4-10(18)8-12/h3-9H,2H2,1H3,(H,20,24). The highest BCUT2D eigenvalue weighted by Gasteiger charge is 2.18. The largest absolute Gasteiger partial charge is 0.320 e. The first kappa shape index (κ1) is 16.1. The Hall–Kier alpha value is -2.73. The lowest BCUT2D eigenvalue weighted by atomic mass is 10.2. The third-order valence-electron chi connectivity index (χ3n) is 3.51. The smallest absolute Gasteiger partial charge is 0.280 e. The molecule has 122 valence electrons. The number of nitrogens with one attached hydrogen (secondary N) is 1. The molecule has 0 radical (unpaired) electrons. The number of fused-ring (bicyclic) bond motifs is 1. The van der Waals surface area contributed by atoms with Crippen LogP contribution >= 0.6 is 11.6 Å². The summed E-state index contributed by atoms with van der Waals surface area (Å²) in [5.74, 6) is -1.22. The van der Waals surface area contributed by atoms with Crippen LogP contribution in [0.5, 0.6) is 0 Å². The summed E-state index contributed by atoms with van der Waals surface area (Å²) in [5.41, 5.74) is 0.00273. The van der Waals surface area contributed by atoms with Crippen molar-refractivity contribution >= 4 is 34.1 Å². The van der Waals surface area contributed by atoms with Crippen molar-refractivity contribution < 1.29 is 9.18 Å². The molecule has 1 amide bonds. The summed E-state index contributed by atoms with van der Waals surface area (Å²) in [5, 5.41) is 7.25. The van der Waals surface area contributed by atoms with Gasteiger partial charge in [0.2, 0.25) is 5.43 Å². The number of carbonyl (C=O) groups excluding carboxylic acids is 1. The second kappa shape index (κ2) is 6.41. The molecular weight excluding hydrogens is 333 g/mol. The molecular formula is C17H13ClFN3O2. The van der Waals surface area contributed by atoms with Gasteiger partial charge in [-0.25, -0.2) is 4.39 Å². The van der Waals surface area contributed by atoms with Gasteiger partial charge in [0, 0.05) is 17.3 Å². The maximum atomic E-state index is 13.5. The third kappa shape index (κ3) is 3.00. The van der Waals surface area contributed by atoms with Gasteiger partial charge in [-0.3, -0.25) is 14.3 Å². The number of nitrogens with zero attached hydrogens (tertiary/aromatic N) is 2. The van der Waals surface area contributed by atoms with E-state index < -0.39 is 17.2 Å². The predicted octanol–water partition coefficient (Wildman–Crippen LogP) is 3.46. The van der Waals surface area contributed by atoms with Crippen LogP contribution < -0.4 is 10.7 Å². The van der Waals surface area contributed by atoms with Crippen molar-refractivity contribution in [2.45, 2.75) is 13.5 Å². The van der Waals surface area contributed by atoms with Gasteiger partial charge in [-0.05, 0) is 43.3 Å². The highest BCUT2D eigenvalue weighted by atomic mass is 35.5. The monoisotopic (exact) mass is 345 g/mol. The maximum Gasteiger partial charge on any atom is 0.280 e. The highest BCUT2D eigenvalue weighted by molar-refractivity contribution is 6.30. The number of hydrogen-bond acceptors (Lipinski definition) is 3. The van der Waals surface area contributed by atoms with E-state index in [1.54, 1.807) is 24.3 Å². The minimum atomic E-state index is -0.671. The zero-order valence-electron chi connectivity index (χ0n) is 12.7. The molecule has 0 saturated carbocycles. The number of anilines is 1. The average molecular weight is 346 g/mol. The minimum Gasteiger partial charge on any atom is -0.320 e. The van der Waals surface area contributed by atoms with Gasteiger partial charge >= 0.3 is 0 Å². The Morgan fingerprint density at radius 1 is 1.29 bits per heavy atom. The number of halogens is 2. The molecule has 0 atom stereocenters. The van der Waals surface area contributed by atoms with Gasteiger partial charge in [0.15, 0.2) is 5.69 Å². The summed E-state index contributed by atoms with van der Waals surface area (Å²) in [6, 6.07) is 10.4. The predicted molar refractivity (Wildman–Crippen MR) is 91.0 cm³/mol. The Morgan fingerprint density at radius 2 is 2.08 bits per heavy atom. The summed E-state index contributed by atoms with van der Waals surface area (Å²) in [6.45, 7) is 2.25. The number of rotatable bonds is 3. The average Bonchev–Trinajstić information content (AvgIpc) is 2.55. The van der Waals surface area contributed by atoms with E-state index in [9.17, 15) is 14.0 Å². The molecule has 0 fully saturated rings. The van der Waals surface area contributed by atoms with E-state index in [0.717, 1.165) is 6.07 Å². The van der Waals surface area contributed by atoms with E-state index in [-0.39, 0.29) is 11.1 Å². The van der Waals surface area contributed by atoms with E-state index in [2.05, 4.69) is 10.4 Å². The van der Waals surface area contributed by atoms with Crippen LogP contribution in [0.2, 0.25) is 5.02 Å². The molecule has 0 aliphatic heterocycles. The first-order valence-corrected chi connectivity index (χ1v) is 7.64. The summed E-state index contributed by atoms with van der Waals surface area (Å²) in [7, 11) is 0. The molecule has 0 aliphatic carbocycles. The van der Waals surface area contributed by atoms with Crippen LogP contribution in [0, 0.1) is 5.82 Å². The van der Waals surface area contributed by atoms with Gasteiger partial charge in [-0.1, -0.05) is 17.7 Å². The second-order valence-corrected chi connectivity index (χ2v) is 5.56. The van der Waals surface area contributed by atoms with Crippen LogP contribution in [-0.2, 0) is 6.54 Å². The molecule has 1 aromatic heterocycles. The van der Waals surface area contributed by atoms with Crippen molar-refractivity contribution in [3.05, 3.63) is 69.2 Å². The molecule has 0 saturated heterocycles. The van der Waals surface area contributed by atoms with Crippen LogP contribution in [0.25, 0.3) is 10.9 Å². The Labute approximate surface area is 141 Å². The molecule has 1 heterocycles. The van der Waals surface area contributed by atoms with Gasteiger partial charge in [-0.15, -0.1) is 0 Å². The van der Waals surface area contributed by atoms with Crippen LogP contribution in [0.1, 0.15) is 17.4 Å². The first-order chi connectivity index (χ1) is 11.5. The lowest BCUT2D eigenvalue weighted by Crippen LogP contribution is -2.27. The Kier molecular flexibility index (Phi) is 4.31. The van der Waals surface area contributed by atoms with E-state index in [1.165, 1.54) is 16.8 Å². The molecule has 0 unspecified atom stereocenters. The van der Waals surface area contributed by atoms with Crippen molar-refractivity contribution in [2.75, 3.05) is 5.32 Å². The van der Waals surface area contributed by atoms with Crippen molar-refractivity contribution in [2.24, 2.45) is 0 Å². The molecule has 5 nitrogen and oxygen atoms in total. The van der Waals surface area contributed by atoms with E-state index in [0.29, 0.717) is 22.8 Å². The zero-order valence-corrected chi connectivity index (χ0v) is 13.5. The summed E-state index contributed by atoms with van der Waals surface area (Å²) in [6.07, 6.45) is 0. The molecule has 7 heteroatoms. The van der Waals surface area contributed by atoms with Gasteiger partial charge in [0.1, 0.15) is 5.82 Å². The molecule has 1 N–H and O–H groups in total. The quantitative estimate of drug-likeness (QED) is 0.790. The fraction of sp³-hybridized carbons (Fsp3) is 0.118. The fourth-order valence-corrected chi connectivity index (χ4v) is 2.60. The number of carbonyl (C=O) groups is 1. The number of aromatic nitrogens is 2. The summed E-state index contributed by atoms with van der Waals surface area (Å²) in [4.78, 5) is 24.9. The molecule has 24 heavy (non-hydrogen) atoms. The van der Waals surface area contributed by atoms with Crippen LogP contribution in [0.3, 0.4) is 0 Å². The molecule has 0 spiro atoms. The van der Waals surface area contributed by atoms with E-state index in [4.69, 9.17) is 11.6 Å². The molecule has 3 rings (SSSR count). The van der Waals surface area contributed by atoms with E-state index in [1.807, 2.05) is 6.92 Å². The van der Waals surface area contributed by atoms with Gasteiger partial charge in [-0.2, -0.15) is 5.10 Å². The molecule has 2 aromatic carbocycles. The van der Waals surface area contributed by atoms with Crippen LogP contribution in [0.4, 0.5) is 10.1 Å². The Bertz CT molecular complexity index is 1000. The van der Waals surface area contributed by atoms with Crippen molar-refractivity contribution in [3.8, 4) is 0 Å². The summed E-state index contributed by atoms with van der Waals surface area (Å²) < 4.78 is 15.0. The summed E-state index contributed by atoms with van der Waals surface area (Å²) >= 11 is 5.87. The van der Waals surface area contributed by atoms with Crippen molar-refractivity contribution in [1.29, 1.82) is 0 Å².